The second-order valence-corrected chi connectivity index (χ2v) is 4.92. The van der Waals surface area contributed by atoms with Gasteiger partial charge in [-0.1, -0.05) is 20.3 Å². The lowest BCUT2D eigenvalue weighted by Gasteiger charge is -2.21. The molecule has 0 aromatic rings. The minimum absolute atomic E-state index is 0.0305. The van der Waals surface area contributed by atoms with Crippen LogP contribution in [0.25, 0.3) is 0 Å². The van der Waals surface area contributed by atoms with Crippen molar-refractivity contribution in [3.63, 3.8) is 0 Å². The van der Waals surface area contributed by atoms with Crippen LogP contribution in [0.4, 0.5) is 4.79 Å². The molecule has 0 heterocycles. The zero-order valence-electron chi connectivity index (χ0n) is 13.3. The van der Waals surface area contributed by atoms with Crippen molar-refractivity contribution in [1.82, 2.24) is 15.5 Å². The number of aliphatic carboxylic acids is 1. The van der Waals surface area contributed by atoms with Gasteiger partial charge < -0.3 is 20.6 Å². The van der Waals surface area contributed by atoms with Crippen molar-refractivity contribution in [3.05, 3.63) is 0 Å². The molecule has 0 fully saturated rings. The summed E-state index contributed by atoms with van der Waals surface area (Å²) in [6, 6.07) is -1.48. The van der Waals surface area contributed by atoms with Crippen molar-refractivity contribution >= 4 is 17.9 Å². The molecule has 0 aromatic carbocycles. The van der Waals surface area contributed by atoms with E-state index in [0.717, 1.165) is 0 Å². The largest absolute Gasteiger partial charge is 0.480 e. The third kappa shape index (κ3) is 6.97. The quantitative estimate of drug-likeness (QED) is 0.592. The maximum atomic E-state index is 11.7. The number of nitrogens with zero attached hydrogens (tertiary/aromatic N) is 1. The highest BCUT2D eigenvalue weighted by Crippen LogP contribution is 2.07. The summed E-state index contributed by atoms with van der Waals surface area (Å²) in [5.41, 5.74) is 0. The van der Waals surface area contributed by atoms with Crippen molar-refractivity contribution in [2.45, 2.75) is 46.6 Å². The van der Waals surface area contributed by atoms with Crippen LogP contribution in [-0.4, -0.2) is 53.6 Å². The monoisotopic (exact) mass is 301 g/mol. The van der Waals surface area contributed by atoms with E-state index < -0.39 is 18.0 Å². The smallest absolute Gasteiger partial charge is 0.326 e. The molecule has 21 heavy (non-hydrogen) atoms. The van der Waals surface area contributed by atoms with Gasteiger partial charge in [-0.15, -0.1) is 0 Å². The van der Waals surface area contributed by atoms with Gasteiger partial charge in [0.2, 0.25) is 5.91 Å². The summed E-state index contributed by atoms with van der Waals surface area (Å²) in [5, 5.41) is 14.0. The fourth-order valence-corrected chi connectivity index (χ4v) is 1.89. The van der Waals surface area contributed by atoms with E-state index in [1.807, 2.05) is 20.8 Å². The maximum absolute atomic E-state index is 11.7. The van der Waals surface area contributed by atoms with Crippen LogP contribution in [0.2, 0.25) is 0 Å². The predicted molar refractivity (Wildman–Crippen MR) is 80.0 cm³/mol. The maximum Gasteiger partial charge on any atom is 0.326 e. The number of carboxylic acid groups (broad SMARTS) is 1. The fourth-order valence-electron chi connectivity index (χ4n) is 1.89. The number of carbonyl (C=O) groups excluding carboxylic acids is 2. The number of urea groups is 1. The second-order valence-electron chi connectivity index (χ2n) is 4.92. The summed E-state index contributed by atoms with van der Waals surface area (Å²) in [4.78, 5) is 36.2. The molecule has 0 aliphatic carbocycles. The summed E-state index contributed by atoms with van der Waals surface area (Å²) in [5.74, 6) is -1.25. The first-order chi connectivity index (χ1) is 9.87. The van der Waals surface area contributed by atoms with Gasteiger partial charge >= 0.3 is 12.0 Å². The lowest BCUT2D eigenvalue weighted by atomic mass is 9.99. The first-order valence-corrected chi connectivity index (χ1v) is 7.42. The highest BCUT2D eigenvalue weighted by atomic mass is 16.4. The molecule has 7 heteroatoms. The molecule has 7 nitrogen and oxygen atoms in total. The average Bonchev–Trinajstić information content (AvgIpc) is 2.45. The van der Waals surface area contributed by atoms with Gasteiger partial charge in [0.1, 0.15) is 6.04 Å². The molecule has 0 aromatic heterocycles. The number of nitrogens with one attached hydrogen (secondary N) is 2. The summed E-state index contributed by atoms with van der Waals surface area (Å²) < 4.78 is 0. The summed E-state index contributed by atoms with van der Waals surface area (Å²) >= 11 is 0. The Morgan fingerprint density at radius 1 is 1.14 bits per heavy atom. The molecule has 122 valence electrons. The Morgan fingerprint density at radius 3 is 2.14 bits per heavy atom. The highest BCUT2D eigenvalue weighted by Gasteiger charge is 2.25. The molecule has 0 saturated carbocycles. The van der Waals surface area contributed by atoms with Crippen LogP contribution < -0.4 is 10.6 Å². The van der Waals surface area contributed by atoms with Gasteiger partial charge in [-0.3, -0.25) is 4.79 Å². The summed E-state index contributed by atoms with van der Waals surface area (Å²) in [6.07, 6.45) is 0.855. The number of carboxylic acids is 1. The van der Waals surface area contributed by atoms with Crippen molar-refractivity contribution in [2.24, 2.45) is 5.92 Å². The Morgan fingerprint density at radius 2 is 1.71 bits per heavy atom. The van der Waals surface area contributed by atoms with E-state index in [1.165, 1.54) is 0 Å². The highest BCUT2D eigenvalue weighted by molar-refractivity contribution is 5.83. The Bertz CT molecular complexity index is 356. The third-order valence-corrected chi connectivity index (χ3v) is 3.51. The average molecular weight is 301 g/mol. The molecule has 0 radical (unpaired) electrons. The molecule has 0 aliphatic rings. The molecule has 1 unspecified atom stereocenters. The molecule has 3 amide bonds. The van der Waals surface area contributed by atoms with Gasteiger partial charge in [0.05, 0.1) is 0 Å². The van der Waals surface area contributed by atoms with Crippen LogP contribution in [0.1, 0.15) is 40.5 Å². The molecular formula is C14H27N3O4. The second kappa shape index (κ2) is 10.0. The SMILES string of the molecule is CCC(C)[C@H](NC(=O)NCCC(=O)N(CC)CC)C(=O)O. The van der Waals surface area contributed by atoms with Gasteiger partial charge in [0.25, 0.3) is 0 Å². The normalized spacial score (nSPS) is 13.1. The van der Waals surface area contributed by atoms with E-state index in [-0.39, 0.29) is 24.8 Å². The van der Waals surface area contributed by atoms with Crippen molar-refractivity contribution in [1.29, 1.82) is 0 Å². The Hall–Kier alpha value is -1.79. The van der Waals surface area contributed by atoms with E-state index in [9.17, 15) is 14.4 Å². The van der Waals surface area contributed by atoms with E-state index in [0.29, 0.717) is 19.5 Å². The molecule has 0 saturated heterocycles. The van der Waals surface area contributed by atoms with Crippen LogP contribution in [-0.2, 0) is 9.59 Å². The summed E-state index contributed by atoms with van der Waals surface area (Å²) in [6.45, 7) is 8.88. The van der Waals surface area contributed by atoms with E-state index in [1.54, 1.807) is 11.8 Å². The molecule has 0 bridgehead atoms. The minimum atomic E-state index is -1.06. The number of carbonyl (C=O) groups is 3. The lowest BCUT2D eigenvalue weighted by molar-refractivity contribution is -0.140. The molecule has 0 spiro atoms. The van der Waals surface area contributed by atoms with Crippen LogP contribution >= 0.6 is 0 Å². The van der Waals surface area contributed by atoms with Gasteiger partial charge in [0.15, 0.2) is 0 Å². The van der Waals surface area contributed by atoms with E-state index in [2.05, 4.69) is 10.6 Å². The number of hydrogen-bond donors (Lipinski definition) is 3. The fraction of sp³-hybridized carbons (Fsp3) is 0.786. The zero-order chi connectivity index (χ0) is 16.4. The minimum Gasteiger partial charge on any atom is -0.480 e. The van der Waals surface area contributed by atoms with Crippen LogP contribution in [0.15, 0.2) is 0 Å². The first-order valence-electron chi connectivity index (χ1n) is 7.42. The predicted octanol–water partition coefficient (Wildman–Crippen LogP) is 1.04. The topological polar surface area (TPSA) is 98.7 Å². The Kier molecular flexibility index (Phi) is 9.16. The first kappa shape index (κ1) is 19.2. The van der Waals surface area contributed by atoms with Crippen molar-refractivity contribution < 1.29 is 19.5 Å². The van der Waals surface area contributed by atoms with Crippen molar-refractivity contribution in [3.8, 4) is 0 Å². The van der Waals surface area contributed by atoms with Crippen LogP contribution in [0, 0.1) is 5.92 Å². The Labute approximate surface area is 126 Å². The number of amides is 3. The van der Waals surface area contributed by atoms with E-state index in [4.69, 9.17) is 5.11 Å². The van der Waals surface area contributed by atoms with Gasteiger partial charge in [-0.2, -0.15) is 0 Å². The van der Waals surface area contributed by atoms with Crippen LogP contribution in [0.3, 0.4) is 0 Å². The molecule has 2 atom stereocenters. The summed E-state index contributed by atoms with van der Waals surface area (Å²) in [7, 11) is 0. The van der Waals surface area contributed by atoms with E-state index >= 15 is 0 Å². The number of hydrogen-bond acceptors (Lipinski definition) is 3. The molecule has 3 N–H and O–H groups in total. The van der Waals surface area contributed by atoms with Gasteiger partial charge in [0, 0.05) is 26.1 Å². The molecule has 0 rings (SSSR count). The Balaban J connectivity index is 4.20. The molecule has 0 aliphatic heterocycles. The van der Waals surface area contributed by atoms with Gasteiger partial charge in [-0.25, -0.2) is 9.59 Å². The van der Waals surface area contributed by atoms with Gasteiger partial charge in [-0.05, 0) is 19.8 Å². The third-order valence-electron chi connectivity index (χ3n) is 3.51. The zero-order valence-corrected chi connectivity index (χ0v) is 13.3. The molecular weight excluding hydrogens is 274 g/mol. The lowest BCUT2D eigenvalue weighted by Crippen LogP contribution is -2.49. The van der Waals surface area contributed by atoms with Crippen molar-refractivity contribution in [2.75, 3.05) is 19.6 Å². The number of rotatable bonds is 9. The van der Waals surface area contributed by atoms with Crippen LogP contribution in [0.5, 0.6) is 0 Å². The standard InChI is InChI=1S/C14H27N3O4/c1-5-10(4)12(13(19)20)16-14(21)15-9-8-11(18)17(6-2)7-3/h10,12H,5-9H2,1-4H3,(H,19,20)(H2,15,16,21)/t10?,12-/m0/s1.